The fourth-order valence-corrected chi connectivity index (χ4v) is 2.31. The smallest absolute Gasteiger partial charge is 0.347 e. The Bertz CT molecular complexity index is 690. The number of aliphatic carboxylic acids is 1. The molecule has 1 rings (SSSR count). The number of cyclic esters (lactones) is 1. The zero-order chi connectivity index (χ0) is 19.5. The standard InChI is InChI=1S/C18H20BrNO6/c1-3-5-14(13(8-10-19)17(22)23)20-16(21)7-6-12(4-2)26-15-9-11-25-18(15)24/h3-8,15H,1,9-11H2,2H3,(H,20,21)(H,22,23)/b7-6-,12-4+,13-8+,14-5+. The SMILES string of the molecule is C=C/C=C(NC(=O)/C=C\C(=C/C)OC1CCOC1=O)\C(=C/CBr)C(=O)O. The zero-order valence-electron chi connectivity index (χ0n) is 14.2. The number of esters is 1. The van der Waals surface area contributed by atoms with E-state index in [9.17, 15) is 19.5 Å². The highest BCUT2D eigenvalue weighted by atomic mass is 79.9. The van der Waals surface area contributed by atoms with Crippen LogP contribution >= 0.6 is 15.9 Å². The van der Waals surface area contributed by atoms with E-state index in [-0.39, 0.29) is 11.3 Å². The molecule has 26 heavy (non-hydrogen) atoms. The van der Waals surface area contributed by atoms with Gasteiger partial charge < -0.3 is 19.9 Å². The minimum Gasteiger partial charge on any atom is -0.479 e. The maximum absolute atomic E-state index is 12.1. The van der Waals surface area contributed by atoms with Gasteiger partial charge in [-0.25, -0.2) is 9.59 Å². The number of carbonyl (C=O) groups excluding carboxylic acids is 2. The number of nitrogens with one attached hydrogen (secondary N) is 1. The highest BCUT2D eigenvalue weighted by molar-refractivity contribution is 9.09. The monoisotopic (exact) mass is 425 g/mol. The van der Waals surface area contributed by atoms with E-state index in [1.54, 1.807) is 13.0 Å². The Hall–Kier alpha value is -2.61. The maximum atomic E-state index is 12.1. The van der Waals surface area contributed by atoms with Crippen LogP contribution in [0.3, 0.4) is 0 Å². The summed E-state index contributed by atoms with van der Waals surface area (Å²) in [5.74, 6) is -1.85. The van der Waals surface area contributed by atoms with E-state index < -0.39 is 23.9 Å². The first-order valence-electron chi connectivity index (χ1n) is 7.74. The van der Waals surface area contributed by atoms with Crippen LogP contribution in [0.2, 0.25) is 0 Å². The Labute approximate surface area is 159 Å². The average Bonchev–Trinajstić information content (AvgIpc) is 3.00. The van der Waals surface area contributed by atoms with Gasteiger partial charge in [-0.15, -0.1) is 0 Å². The van der Waals surface area contributed by atoms with Crippen LogP contribution in [-0.2, 0) is 23.9 Å². The van der Waals surface area contributed by atoms with Gasteiger partial charge in [0.05, 0.1) is 17.9 Å². The molecule has 1 unspecified atom stereocenters. The molecule has 0 aromatic rings. The Morgan fingerprint density at radius 1 is 1.46 bits per heavy atom. The second kappa shape index (κ2) is 11.1. The minimum atomic E-state index is -1.18. The van der Waals surface area contributed by atoms with Crippen molar-refractivity contribution >= 4 is 33.8 Å². The molecule has 0 spiro atoms. The Morgan fingerprint density at radius 3 is 2.69 bits per heavy atom. The second-order valence-corrected chi connectivity index (χ2v) is 5.62. The third-order valence-electron chi connectivity index (χ3n) is 3.19. The van der Waals surface area contributed by atoms with Gasteiger partial charge in [-0.3, -0.25) is 4.79 Å². The van der Waals surface area contributed by atoms with E-state index in [0.717, 1.165) is 0 Å². The molecule has 0 aliphatic carbocycles. The molecule has 140 valence electrons. The van der Waals surface area contributed by atoms with E-state index in [0.29, 0.717) is 24.1 Å². The summed E-state index contributed by atoms with van der Waals surface area (Å²) in [6.07, 6.45) is 8.10. The van der Waals surface area contributed by atoms with Gasteiger partial charge >= 0.3 is 11.9 Å². The second-order valence-electron chi connectivity index (χ2n) is 4.97. The highest BCUT2D eigenvalue weighted by Crippen LogP contribution is 2.15. The van der Waals surface area contributed by atoms with Gasteiger partial charge in [0.2, 0.25) is 5.91 Å². The summed E-state index contributed by atoms with van der Waals surface area (Å²) in [5, 5.41) is 12.0. The summed E-state index contributed by atoms with van der Waals surface area (Å²) in [5.41, 5.74) is 0.0312. The Balaban J connectivity index is 2.80. The summed E-state index contributed by atoms with van der Waals surface area (Å²) in [6, 6.07) is 0. The number of alkyl halides is 1. The molecular formula is C18H20BrNO6. The topological polar surface area (TPSA) is 102 Å². The van der Waals surface area contributed by atoms with Crippen LogP contribution < -0.4 is 5.32 Å². The molecule has 8 heteroatoms. The van der Waals surface area contributed by atoms with E-state index in [1.807, 2.05) is 0 Å². The Kier molecular flexibility index (Phi) is 9.14. The predicted molar refractivity (Wildman–Crippen MR) is 99.3 cm³/mol. The molecule has 0 aromatic carbocycles. The van der Waals surface area contributed by atoms with Gasteiger partial charge in [-0.05, 0) is 25.2 Å². The summed E-state index contributed by atoms with van der Waals surface area (Å²) >= 11 is 3.13. The first-order valence-corrected chi connectivity index (χ1v) is 8.86. The largest absolute Gasteiger partial charge is 0.479 e. The molecule has 0 aromatic heterocycles. The molecule has 0 bridgehead atoms. The van der Waals surface area contributed by atoms with Crippen molar-refractivity contribution in [2.75, 3.05) is 11.9 Å². The third-order valence-corrected chi connectivity index (χ3v) is 3.52. The number of halogens is 1. The molecule has 0 saturated carbocycles. The number of hydrogen-bond donors (Lipinski definition) is 2. The molecule has 1 fully saturated rings. The Morgan fingerprint density at radius 2 is 2.19 bits per heavy atom. The number of allylic oxidation sites excluding steroid dienone is 5. The minimum absolute atomic E-state index is 0.0697. The fourth-order valence-electron chi connectivity index (χ4n) is 1.99. The zero-order valence-corrected chi connectivity index (χ0v) is 15.8. The van der Waals surface area contributed by atoms with Gasteiger partial charge in [-0.2, -0.15) is 0 Å². The van der Waals surface area contributed by atoms with Gasteiger partial charge in [-0.1, -0.05) is 34.7 Å². The lowest BCUT2D eigenvalue weighted by atomic mass is 10.1. The first kappa shape index (κ1) is 21.4. The third kappa shape index (κ3) is 6.72. The lowest BCUT2D eigenvalue weighted by Gasteiger charge is -2.11. The number of rotatable bonds is 9. The van der Waals surface area contributed by atoms with Crippen LogP contribution in [0.25, 0.3) is 0 Å². The first-order chi connectivity index (χ1) is 12.4. The quantitative estimate of drug-likeness (QED) is 0.193. The van der Waals surface area contributed by atoms with Gasteiger partial charge in [0.1, 0.15) is 5.76 Å². The lowest BCUT2D eigenvalue weighted by molar-refractivity contribution is -0.145. The van der Waals surface area contributed by atoms with E-state index >= 15 is 0 Å². The van der Waals surface area contributed by atoms with Gasteiger partial charge in [0.15, 0.2) is 6.10 Å². The highest BCUT2D eigenvalue weighted by Gasteiger charge is 2.28. The normalized spacial score (nSPS) is 18.6. The van der Waals surface area contributed by atoms with Crippen molar-refractivity contribution in [1.82, 2.24) is 5.32 Å². The number of ether oxygens (including phenoxy) is 2. The van der Waals surface area contributed by atoms with Crippen LogP contribution in [0.5, 0.6) is 0 Å². The molecular weight excluding hydrogens is 406 g/mol. The van der Waals surface area contributed by atoms with E-state index in [1.165, 1.54) is 30.4 Å². The van der Waals surface area contributed by atoms with Gasteiger partial charge in [0, 0.05) is 17.8 Å². The van der Waals surface area contributed by atoms with E-state index in [2.05, 4.69) is 27.8 Å². The van der Waals surface area contributed by atoms with Crippen LogP contribution in [0.4, 0.5) is 0 Å². The number of carboxylic acid groups (broad SMARTS) is 1. The van der Waals surface area contributed by atoms with E-state index in [4.69, 9.17) is 9.47 Å². The summed E-state index contributed by atoms with van der Waals surface area (Å²) in [6.45, 7) is 5.51. The van der Waals surface area contributed by atoms with Crippen molar-refractivity contribution in [2.24, 2.45) is 0 Å². The predicted octanol–water partition coefficient (Wildman–Crippen LogP) is 2.37. The van der Waals surface area contributed by atoms with Crippen LogP contribution in [0, 0.1) is 0 Å². The summed E-state index contributed by atoms with van der Waals surface area (Å²) in [4.78, 5) is 34.8. The molecule has 2 N–H and O–H groups in total. The number of hydrogen-bond acceptors (Lipinski definition) is 5. The molecule has 1 atom stereocenters. The number of carboxylic acids is 1. The molecule has 1 aliphatic rings. The summed E-state index contributed by atoms with van der Waals surface area (Å²) in [7, 11) is 0. The molecule has 1 saturated heterocycles. The van der Waals surface area contributed by atoms with Crippen molar-refractivity contribution in [3.63, 3.8) is 0 Å². The molecule has 1 amide bonds. The van der Waals surface area contributed by atoms with Crippen molar-refractivity contribution in [3.8, 4) is 0 Å². The molecule has 0 radical (unpaired) electrons. The molecule has 1 heterocycles. The van der Waals surface area contributed by atoms with Crippen molar-refractivity contribution in [2.45, 2.75) is 19.4 Å². The fraction of sp³-hybridized carbons (Fsp3) is 0.278. The molecule has 7 nitrogen and oxygen atoms in total. The maximum Gasteiger partial charge on any atom is 0.347 e. The molecule has 1 aliphatic heterocycles. The summed E-state index contributed by atoms with van der Waals surface area (Å²) < 4.78 is 10.3. The van der Waals surface area contributed by atoms with Crippen LogP contribution in [0.15, 0.2) is 60.1 Å². The van der Waals surface area contributed by atoms with Crippen LogP contribution in [-0.4, -0.2) is 41.0 Å². The van der Waals surface area contributed by atoms with Crippen molar-refractivity contribution in [1.29, 1.82) is 0 Å². The average molecular weight is 426 g/mol. The van der Waals surface area contributed by atoms with Gasteiger partial charge in [0.25, 0.3) is 0 Å². The number of amides is 1. The lowest BCUT2D eigenvalue weighted by Crippen LogP contribution is -2.24. The number of carbonyl (C=O) groups is 3. The van der Waals surface area contributed by atoms with Crippen molar-refractivity contribution < 1.29 is 29.0 Å². The van der Waals surface area contributed by atoms with Crippen LogP contribution in [0.1, 0.15) is 13.3 Å². The van der Waals surface area contributed by atoms with Crippen molar-refractivity contribution in [3.05, 3.63) is 60.1 Å².